The topological polar surface area (TPSA) is 59.2 Å². The molecule has 22 heavy (non-hydrogen) atoms. The van der Waals surface area contributed by atoms with Crippen LogP contribution in [0.4, 0.5) is 13.2 Å². The summed E-state index contributed by atoms with van der Waals surface area (Å²) >= 11 is 1.50. The van der Waals surface area contributed by atoms with Crippen LogP contribution in [0.25, 0.3) is 11.5 Å². The molecule has 0 saturated carbocycles. The highest BCUT2D eigenvalue weighted by molar-refractivity contribution is 7.08. The molecule has 1 atom stereocenters. The normalized spacial score (nSPS) is 18.9. The molecule has 1 fully saturated rings. The molecule has 3 heterocycles. The smallest absolute Gasteiger partial charge is 0.342 e. The van der Waals surface area contributed by atoms with Gasteiger partial charge < -0.3 is 9.42 Å². The lowest BCUT2D eigenvalue weighted by Crippen LogP contribution is -2.32. The quantitative estimate of drug-likeness (QED) is 0.867. The average Bonchev–Trinajstić information content (AvgIpc) is 3.18. The maximum atomic E-state index is 12.3. The van der Waals surface area contributed by atoms with Gasteiger partial charge in [-0.05, 0) is 17.9 Å². The number of thiophene rings is 1. The Morgan fingerprint density at radius 3 is 3.00 bits per heavy atom. The summed E-state index contributed by atoms with van der Waals surface area (Å²) in [5.41, 5.74) is 0.812. The van der Waals surface area contributed by atoms with E-state index in [9.17, 15) is 18.0 Å². The first-order valence-electron chi connectivity index (χ1n) is 6.63. The Labute approximate surface area is 127 Å². The van der Waals surface area contributed by atoms with Crippen molar-refractivity contribution in [3.8, 4) is 11.5 Å². The Morgan fingerprint density at radius 2 is 2.32 bits per heavy atom. The fourth-order valence-corrected chi connectivity index (χ4v) is 3.01. The van der Waals surface area contributed by atoms with Crippen molar-refractivity contribution in [3.05, 3.63) is 22.7 Å². The fourth-order valence-electron chi connectivity index (χ4n) is 2.38. The number of carbonyl (C=O) groups excluding carboxylic acids is 1. The Hall–Kier alpha value is -1.90. The van der Waals surface area contributed by atoms with Gasteiger partial charge in [-0.15, -0.1) is 0 Å². The molecule has 1 aliphatic rings. The summed E-state index contributed by atoms with van der Waals surface area (Å²) in [6, 6.07) is 1.84. The minimum Gasteiger partial charge on any atom is -0.342 e. The van der Waals surface area contributed by atoms with Gasteiger partial charge in [-0.2, -0.15) is 29.5 Å². The van der Waals surface area contributed by atoms with Gasteiger partial charge in [-0.25, -0.2) is 0 Å². The summed E-state index contributed by atoms with van der Waals surface area (Å²) in [5, 5.41) is 7.63. The number of carbonyl (C=O) groups is 1. The molecule has 0 N–H and O–H groups in total. The lowest BCUT2D eigenvalue weighted by Gasteiger charge is -2.16. The van der Waals surface area contributed by atoms with E-state index < -0.39 is 18.5 Å². The molecule has 0 bridgehead atoms. The predicted octanol–water partition coefficient (Wildman–Crippen LogP) is 3.07. The molecule has 118 valence electrons. The van der Waals surface area contributed by atoms with Crippen LogP contribution >= 0.6 is 11.3 Å². The largest absolute Gasteiger partial charge is 0.397 e. The summed E-state index contributed by atoms with van der Waals surface area (Å²) in [6.45, 7) is 0.472. The first-order valence-corrected chi connectivity index (χ1v) is 7.57. The molecule has 0 radical (unpaired) electrons. The van der Waals surface area contributed by atoms with Gasteiger partial charge in [0.2, 0.25) is 5.91 Å². The van der Waals surface area contributed by atoms with Crippen LogP contribution in [0, 0.1) is 0 Å². The van der Waals surface area contributed by atoms with E-state index in [1.54, 1.807) is 0 Å². The van der Waals surface area contributed by atoms with Crippen LogP contribution in [0.2, 0.25) is 0 Å². The molecular formula is C13H12F3N3O2S. The van der Waals surface area contributed by atoms with Gasteiger partial charge in [0, 0.05) is 24.4 Å². The van der Waals surface area contributed by atoms with E-state index in [1.165, 1.54) is 16.2 Å². The number of alkyl halides is 3. The van der Waals surface area contributed by atoms with Crippen molar-refractivity contribution >= 4 is 17.2 Å². The van der Waals surface area contributed by atoms with Crippen LogP contribution in [0.15, 0.2) is 21.3 Å². The van der Waals surface area contributed by atoms with Crippen LogP contribution in [-0.2, 0) is 4.79 Å². The average molecular weight is 331 g/mol. The molecule has 2 aromatic rings. The van der Waals surface area contributed by atoms with Crippen LogP contribution in [0.3, 0.4) is 0 Å². The number of rotatable bonds is 3. The third-order valence-electron chi connectivity index (χ3n) is 3.47. The summed E-state index contributed by atoms with van der Waals surface area (Å²) in [7, 11) is 0. The van der Waals surface area contributed by atoms with E-state index in [0.29, 0.717) is 18.1 Å². The van der Waals surface area contributed by atoms with Gasteiger partial charge in [-0.3, -0.25) is 4.79 Å². The molecule has 3 rings (SSSR count). The lowest BCUT2D eigenvalue weighted by molar-refractivity contribution is -0.160. The van der Waals surface area contributed by atoms with Crippen LogP contribution in [0.1, 0.15) is 24.6 Å². The molecule has 2 aromatic heterocycles. The molecule has 0 aliphatic carbocycles. The van der Waals surface area contributed by atoms with E-state index in [0.717, 1.165) is 5.56 Å². The van der Waals surface area contributed by atoms with Gasteiger partial charge in [-0.1, -0.05) is 5.16 Å². The molecule has 0 spiro atoms. The van der Waals surface area contributed by atoms with E-state index in [4.69, 9.17) is 4.52 Å². The number of hydrogen-bond donors (Lipinski definition) is 0. The maximum absolute atomic E-state index is 12.3. The predicted molar refractivity (Wildman–Crippen MR) is 72.2 cm³/mol. The zero-order valence-corrected chi connectivity index (χ0v) is 12.2. The van der Waals surface area contributed by atoms with Gasteiger partial charge in [0.15, 0.2) is 5.82 Å². The second-order valence-corrected chi connectivity index (χ2v) is 5.87. The van der Waals surface area contributed by atoms with Gasteiger partial charge >= 0.3 is 6.18 Å². The Morgan fingerprint density at radius 1 is 1.50 bits per heavy atom. The van der Waals surface area contributed by atoms with E-state index >= 15 is 0 Å². The Bertz CT molecular complexity index is 654. The van der Waals surface area contributed by atoms with Crippen molar-refractivity contribution < 1.29 is 22.5 Å². The second-order valence-electron chi connectivity index (χ2n) is 5.09. The van der Waals surface area contributed by atoms with E-state index in [2.05, 4.69) is 10.1 Å². The first kappa shape index (κ1) is 15.0. The van der Waals surface area contributed by atoms with Gasteiger partial charge in [0.25, 0.3) is 5.89 Å². The van der Waals surface area contributed by atoms with E-state index in [1.807, 2.05) is 16.8 Å². The number of nitrogens with zero attached hydrogens (tertiary/aromatic N) is 3. The van der Waals surface area contributed by atoms with E-state index in [-0.39, 0.29) is 19.0 Å². The highest BCUT2D eigenvalue weighted by Gasteiger charge is 2.37. The molecule has 5 nitrogen and oxygen atoms in total. The van der Waals surface area contributed by atoms with Crippen molar-refractivity contribution in [2.75, 3.05) is 13.1 Å². The standard InChI is InChI=1S/C13H12F3N3O2S/c14-13(15,16)5-10(20)19-3-1-8(6-19)11-17-12(21-18-11)9-2-4-22-7-9/h2,4,7-8H,1,3,5-6H2/t8-/m1/s1. The second kappa shape index (κ2) is 5.71. The Balaban J connectivity index is 1.64. The maximum Gasteiger partial charge on any atom is 0.397 e. The van der Waals surface area contributed by atoms with Crippen molar-refractivity contribution in [2.45, 2.75) is 24.9 Å². The number of aromatic nitrogens is 2. The molecule has 9 heteroatoms. The Kier molecular flexibility index (Phi) is 3.90. The van der Waals surface area contributed by atoms with Crippen LogP contribution in [0.5, 0.6) is 0 Å². The van der Waals surface area contributed by atoms with Crippen molar-refractivity contribution in [2.24, 2.45) is 0 Å². The SMILES string of the molecule is O=C(CC(F)(F)F)N1CC[C@@H](c2noc(-c3ccsc3)n2)C1. The minimum atomic E-state index is -4.48. The van der Waals surface area contributed by atoms with Crippen LogP contribution < -0.4 is 0 Å². The molecule has 0 unspecified atom stereocenters. The number of likely N-dealkylation sites (tertiary alicyclic amines) is 1. The molecule has 0 aromatic carbocycles. The number of hydrogen-bond acceptors (Lipinski definition) is 5. The highest BCUT2D eigenvalue weighted by Crippen LogP contribution is 2.29. The monoisotopic (exact) mass is 331 g/mol. The lowest BCUT2D eigenvalue weighted by atomic mass is 10.1. The molecule has 1 saturated heterocycles. The molecular weight excluding hydrogens is 319 g/mol. The molecule has 1 aliphatic heterocycles. The van der Waals surface area contributed by atoms with Gasteiger partial charge in [0.05, 0.1) is 5.56 Å². The van der Waals surface area contributed by atoms with Crippen LogP contribution in [-0.4, -0.2) is 40.2 Å². The zero-order valence-electron chi connectivity index (χ0n) is 11.3. The molecule has 1 amide bonds. The first-order chi connectivity index (χ1) is 10.4. The highest BCUT2D eigenvalue weighted by atomic mass is 32.1. The summed E-state index contributed by atoms with van der Waals surface area (Å²) < 4.78 is 41.9. The van der Waals surface area contributed by atoms with Gasteiger partial charge in [0.1, 0.15) is 6.42 Å². The summed E-state index contributed by atoms with van der Waals surface area (Å²) in [5.74, 6) is -0.273. The van der Waals surface area contributed by atoms with Crippen molar-refractivity contribution in [1.82, 2.24) is 15.0 Å². The summed E-state index contributed by atoms with van der Waals surface area (Å²) in [6.07, 6.45) is -5.37. The third kappa shape index (κ3) is 3.29. The number of halogens is 3. The zero-order chi connectivity index (χ0) is 15.7. The van der Waals surface area contributed by atoms with Crippen molar-refractivity contribution in [1.29, 1.82) is 0 Å². The number of amides is 1. The fraction of sp³-hybridized carbons (Fsp3) is 0.462. The third-order valence-corrected chi connectivity index (χ3v) is 4.15. The minimum absolute atomic E-state index is 0.187. The summed E-state index contributed by atoms with van der Waals surface area (Å²) in [4.78, 5) is 17.1. The van der Waals surface area contributed by atoms with Crippen molar-refractivity contribution in [3.63, 3.8) is 0 Å².